The molecule has 0 amide bonds. The van der Waals surface area contributed by atoms with Gasteiger partial charge in [0.2, 0.25) is 0 Å². The molecule has 0 aliphatic carbocycles. The van der Waals surface area contributed by atoms with Crippen molar-refractivity contribution in [2.45, 2.75) is 55.4 Å². The fourth-order valence-electron chi connectivity index (χ4n) is 13.0. The zero-order valence-corrected chi connectivity index (χ0v) is 53.5. The summed E-state index contributed by atoms with van der Waals surface area (Å²) in [6.45, 7) is 15.1. The van der Waals surface area contributed by atoms with Crippen LogP contribution in [0, 0.1) is 66.7 Å². The number of hydrogen-bond donors (Lipinski definition) is 0. The molecule has 0 spiro atoms. The number of aryl methyl sites for hydroxylation is 8. The van der Waals surface area contributed by atoms with Gasteiger partial charge in [0.25, 0.3) is 0 Å². The maximum Gasteiger partial charge on any atom is 0.164 e. The van der Waals surface area contributed by atoms with E-state index in [2.05, 4.69) is 144 Å². The number of hydrogen-bond acceptors (Lipinski definition) is 16. The van der Waals surface area contributed by atoms with E-state index in [1.54, 1.807) is 0 Å². The van der Waals surface area contributed by atoms with Gasteiger partial charge in [0.05, 0.1) is 45.1 Å². The number of aromatic nitrogens is 17. The maximum atomic E-state index is 10.2. The highest BCUT2D eigenvalue weighted by Crippen LogP contribution is 2.45. The van der Waals surface area contributed by atoms with Gasteiger partial charge in [0.15, 0.2) is 40.8 Å². The average Bonchev–Trinajstić information content (AvgIpc) is 1.57. The molecule has 16 rings (SSSR count). The molecule has 0 bridgehead atoms. The molecule has 18 heteroatoms. The summed E-state index contributed by atoms with van der Waals surface area (Å²) < 4.78 is 4.64. The van der Waals surface area contributed by atoms with Crippen LogP contribution in [0.4, 0.5) is 0 Å². The molecular weight excluding hydrogens is 1190 g/mol. The van der Waals surface area contributed by atoms with Crippen LogP contribution in [0.2, 0.25) is 0 Å². The highest BCUT2D eigenvalue weighted by Gasteiger charge is 2.25. The van der Waals surface area contributed by atoms with Crippen molar-refractivity contribution in [3.63, 3.8) is 0 Å². The molecule has 0 N–H and O–H groups in total. The lowest BCUT2D eigenvalue weighted by Gasteiger charge is -2.19. The second-order valence-electron chi connectivity index (χ2n) is 23.8. The summed E-state index contributed by atoms with van der Waals surface area (Å²) in [5.74, 6) is 8.97. The molecule has 0 aliphatic rings. The molecule has 0 saturated carbocycles. The highest BCUT2D eigenvalue weighted by atomic mass is 15.1. The van der Waals surface area contributed by atoms with Crippen molar-refractivity contribution < 1.29 is 0 Å². The zero-order valence-electron chi connectivity index (χ0n) is 53.5. The molecule has 0 aliphatic heterocycles. The smallest absolute Gasteiger partial charge is 0.164 e. The van der Waals surface area contributed by atoms with E-state index >= 15 is 0 Å². The Morgan fingerprint density at radius 3 is 0.833 bits per heavy atom. The normalized spacial score (nSPS) is 11.5. The third-order valence-corrected chi connectivity index (χ3v) is 17.1. The first-order chi connectivity index (χ1) is 46.7. The molecule has 7 heterocycles. The Morgan fingerprint density at radius 1 is 0.240 bits per heavy atom. The minimum Gasteiger partial charge on any atom is -0.309 e. The second-order valence-corrected chi connectivity index (χ2v) is 23.8. The van der Waals surface area contributed by atoms with Gasteiger partial charge in [-0.25, -0.2) is 74.8 Å². The first-order valence-electron chi connectivity index (χ1n) is 31.3. The van der Waals surface area contributed by atoms with E-state index in [9.17, 15) is 5.26 Å². The van der Waals surface area contributed by atoms with Crippen LogP contribution in [0.15, 0.2) is 194 Å². The SMILES string of the molecule is Cc1nc(C)nc(-c2ccc3c(c2)c2cc(-c4nc(C)nc(C)n4)ccc2n3-c2ccc(-c3nc(-c4ccccc4)nc(-c4ccccc4)n3)cc2-c2ccc(-n3c4ccc(-c5nc(C)nc(C)n5)cc4c4cc(-c5nc(C)nc(C)n5)ccc43)c(-c3ccc(C#N)cc3)c2)n1. The van der Waals surface area contributed by atoms with Crippen LogP contribution < -0.4 is 0 Å². The molecule has 9 aromatic carbocycles. The van der Waals surface area contributed by atoms with Crippen molar-refractivity contribution in [3.05, 3.63) is 246 Å². The van der Waals surface area contributed by atoms with Gasteiger partial charge in [-0.2, -0.15) is 5.26 Å². The van der Waals surface area contributed by atoms with Crippen molar-refractivity contribution in [2.75, 3.05) is 0 Å². The Labute approximate surface area is 551 Å². The Bertz CT molecular complexity index is 5540. The summed E-state index contributed by atoms with van der Waals surface area (Å²) in [6, 6.07) is 68.8. The zero-order chi connectivity index (χ0) is 65.5. The largest absolute Gasteiger partial charge is 0.309 e. The molecule has 96 heavy (non-hydrogen) atoms. The van der Waals surface area contributed by atoms with Crippen LogP contribution in [0.5, 0.6) is 0 Å². The van der Waals surface area contributed by atoms with E-state index in [0.29, 0.717) is 92.9 Å². The van der Waals surface area contributed by atoms with Gasteiger partial charge in [0.1, 0.15) is 46.6 Å². The summed E-state index contributed by atoms with van der Waals surface area (Å²) in [6.07, 6.45) is 0. The lowest BCUT2D eigenvalue weighted by Crippen LogP contribution is -2.03. The quantitative estimate of drug-likeness (QED) is 0.117. The van der Waals surface area contributed by atoms with Crippen molar-refractivity contribution in [3.8, 4) is 119 Å². The van der Waals surface area contributed by atoms with Gasteiger partial charge >= 0.3 is 0 Å². The maximum absolute atomic E-state index is 10.2. The number of fused-ring (bicyclic) bond motifs is 6. The number of benzene rings is 9. The van der Waals surface area contributed by atoms with Crippen molar-refractivity contribution in [1.82, 2.24) is 83.9 Å². The standard InChI is InChI=1S/C78H56N18/c1-42-80-43(2)85-74(84-42)56-25-31-68-62(37-56)63-38-57(75-86-44(3)81-45(4)87-75)26-32-69(63)95(68)66-29-23-54(35-60(66)51-21-19-50(41-79)20-22-51)61-36-55(78-93-72(52-15-11-9-12-16-52)92-73(94-78)53-17-13-10-14-18-53)24-30-67(61)96-70-33-27-58(76-88-46(5)82-47(6)89-76)39-64(70)65-40-59(28-34-71(65)96)77-90-48(7)83-49(8)91-77/h9-40H,1-8H3. The van der Waals surface area contributed by atoms with E-state index in [4.69, 9.17) is 54.8 Å². The summed E-state index contributed by atoms with van der Waals surface area (Å²) in [4.78, 5) is 72.2. The van der Waals surface area contributed by atoms with Gasteiger partial charge in [-0.05, 0) is 182 Å². The summed E-state index contributed by atoms with van der Waals surface area (Å²) in [5.41, 5.74) is 15.4. The van der Waals surface area contributed by atoms with Crippen molar-refractivity contribution >= 4 is 43.6 Å². The van der Waals surface area contributed by atoms with Crippen LogP contribution in [0.1, 0.15) is 52.2 Å². The molecule has 0 fully saturated rings. The topological polar surface area (TPSA) is 227 Å². The molecule has 18 nitrogen and oxygen atoms in total. The van der Waals surface area contributed by atoms with Gasteiger partial charge in [-0.1, -0.05) is 78.9 Å². The van der Waals surface area contributed by atoms with Gasteiger partial charge in [-0.3, -0.25) is 0 Å². The fourth-order valence-corrected chi connectivity index (χ4v) is 13.0. The molecular formula is C78H56N18. The van der Waals surface area contributed by atoms with E-state index < -0.39 is 0 Å². The van der Waals surface area contributed by atoms with Crippen molar-refractivity contribution in [1.29, 1.82) is 5.26 Å². The van der Waals surface area contributed by atoms with Crippen LogP contribution in [0.25, 0.3) is 157 Å². The Kier molecular flexibility index (Phi) is 14.2. The van der Waals surface area contributed by atoms with Crippen molar-refractivity contribution in [2.24, 2.45) is 0 Å². The second kappa shape index (κ2) is 23.4. The molecule has 0 atom stereocenters. The number of nitriles is 1. The third-order valence-electron chi connectivity index (χ3n) is 17.1. The number of nitrogens with zero attached hydrogens (tertiary/aromatic N) is 18. The first-order valence-corrected chi connectivity index (χ1v) is 31.3. The van der Waals surface area contributed by atoms with E-state index in [0.717, 1.165) is 116 Å². The molecule has 0 saturated heterocycles. The number of rotatable bonds is 11. The van der Waals surface area contributed by atoms with Crippen LogP contribution >= 0.6 is 0 Å². The van der Waals surface area contributed by atoms with Crippen LogP contribution in [-0.4, -0.2) is 83.9 Å². The summed E-state index contributed by atoms with van der Waals surface area (Å²) in [5, 5.41) is 14.1. The minimum atomic E-state index is 0.496. The lowest BCUT2D eigenvalue weighted by atomic mass is 9.94. The molecule has 7 aromatic heterocycles. The summed E-state index contributed by atoms with van der Waals surface area (Å²) >= 11 is 0. The summed E-state index contributed by atoms with van der Waals surface area (Å²) in [7, 11) is 0. The Hall–Kier alpha value is -12.9. The van der Waals surface area contributed by atoms with Crippen LogP contribution in [0.3, 0.4) is 0 Å². The molecule has 0 unspecified atom stereocenters. The molecule has 16 aromatic rings. The fraction of sp³-hybridized carbons (Fsp3) is 0.103. The first kappa shape index (κ1) is 58.2. The van der Waals surface area contributed by atoms with E-state index in [1.165, 1.54) is 0 Å². The predicted molar refractivity (Wildman–Crippen MR) is 374 cm³/mol. The predicted octanol–water partition coefficient (Wildman–Crippen LogP) is 16.1. The minimum absolute atomic E-state index is 0.496. The van der Waals surface area contributed by atoms with Crippen LogP contribution in [-0.2, 0) is 0 Å². The third kappa shape index (κ3) is 10.7. The van der Waals surface area contributed by atoms with Gasteiger partial charge in [-0.15, -0.1) is 0 Å². The van der Waals surface area contributed by atoms with Gasteiger partial charge in [0, 0.05) is 71.6 Å². The van der Waals surface area contributed by atoms with E-state index in [1.807, 2.05) is 140 Å². The lowest BCUT2D eigenvalue weighted by molar-refractivity contribution is 0.928. The van der Waals surface area contributed by atoms with E-state index in [-0.39, 0.29) is 0 Å². The Balaban J connectivity index is 0.978. The monoisotopic (exact) mass is 1240 g/mol. The highest BCUT2D eigenvalue weighted by molar-refractivity contribution is 6.13. The molecule has 458 valence electrons. The Morgan fingerprint density at radius 2 is 0.500 bits per heavy atom. The van der Waals surface area contributed by atoms with Gasteiger partial charge < -0.3 is 9.13 Å². The average molecular weight is 1250 g/mol. The molecule has 0 radical (unpaired) electrons.